The van der Waals surface area contributed by atoms with Gasteiger partial charge in [0, 0.05) is 5.69 Å². The van der Waals surface area contributed by atoms with Crippen molar-refractivity contribution >= 4 is 11.7 Å². The van der Waals surface area contributed by atoms with E-state index in [1.165, 1.54) is 12.1 Å². The molecule has 2 aromatic rings. The zero-order valence-corrected chi connectivity index (χ0v) is 12.8. The van der Waals surface area contributed by atoms with Crippen LogP contribution in [0.1, 0.15) is 24.1 Å². The van der Waals surface area contributed by atoms with Crippen LogP contribution in [0.5, 0.6) is 5.75 Å². The highest BCUT2D eigenvalue weighted by Crippen LogP contribution is 2.20. The second-order valence-corrected chi connectivity index (χ2v) is 5.14. The first kappa shape index (κ1) is 16.7. The summed E-state index contributed by atoms with van der Waals surface area (Å²) in [6.07, 6.45) is 0. The van der Waals surface area contributed by atoms with E-state index in [2.05, 4.69) is 15.4 Å². The molecule has 1 atom stereocenters. The fourth-order valence-electron chi connectivity index (χ4n) is 2.13. The molecular weight excluding hydrogens is 302 g/mol. The average molecular weight is 320 g/mol. The van der Waals surface area contributed by atoms with Crippen molar-refractivity contribution in [3.05, 3.63) is 59.7 Å². The minimum absolute atomic E-state index is 0.0604. The van der Waals surface area contributed by atoms with Crippen LogP contribution in [0.25, 0.3) is 0 Å². The molecule has 23 heavy (non-hydrogen) atoms. The van der Waals surface area contributed by atoms with Crippen LogP contribution in [0.4, 0.5) is 19.3 Å². The van der Waals surface area contributed by atoms with Gasteiger partial charge in [0.1, 0.15) is 5.75 Å². The molecule has 0 saturated carbocycles. The molecule has 0 aliphatic carbocycles. The summed E-state index contributed by atoms with van der Waals surface area (Å²) in [5.74, 6) is 0.0604. The van der Waals surface area contributed by atoms with Gasteiger partial charge in [-0.15, -0.1) is 0 Å². The normalized spacial score (nSPS) is 11.9. The molecule has 1 unspecified atom stereocenters. The topological polar surface area (TPSA) is 50.4 Å². The number of aryl methyl sites for hydroxylation is 1. The molecule has 2 aromatic carbocycles. The van der Waals surface area contributed by atoms with E-state index in [4.69, 9.17) is 0 Å². The Bertz CT molecular complexity index is 677. The Kier molecular flexibility index (Phi) is 5.51. The lowest BCUT2D eigenvalue weighted by atomic mass is 10.1. The number of hydrogen-bond acceptors (Lipinski definition) is 2. The summed E-state index contributed by atoms with van der Waals surface area (Å²) in [6.45, 7) is 0.815. The second kappa shape index (κ2) is 7.58. The number of nitrogens with one attached hydrogen (secondary N) is 2. The average Bonchev–Trinajstić information content (AvgIpc) is 2.46. The number of ether oxygens (including phenoxy) is 1. The standard InChI is InChI=1S/C17H18F2N2O2/c1-11-5-3-7-14(9-11)21-17(22)20-12(2)13-6-4-8-15(10-13)23-16(18)19/h3-10,12,16H,1-2H3,(H2,20,21,22). The van der Waals surface area contributed by atoms with E-state index < -0.39 is 6.61 Å². The van der Waals surface area contributed by atoms with Crippen molar-refractivity contribution in [3.63, 3.8) is 0 Å². The molecule has 0 saturated heterocycles. The van der Waals surface area contributed by atoms with Crippen LogP contribution in [0.2, 0.25) is 0 Å². The van der Waals surface area contributed by atoms with Gasteiger partial charge in [-0.2, -0.15) is 8.78 Å². The van der Waals surface area contributed by atoms with Crippen LogP contribution in [0.3, 0.4) is 0 Å². The molecule has 6 heteroatoms. The van der Waals surface area contributed by atoms with Gasteiger partial charge >= 0.3 is 12.6 Å². The van der Waals surface area contributed by atoms with Crippen molar-refractivity contribution in [2.45, 2.75) is 26.5 Å². The second-order valence-electron chi connectivity index (χ2n) is 5.14. The van der Waals surface area contributed by atoms with E-state index in [0.717, 1.165) is 5.56 Å². The number of halogens is 2. The monoisotopic (exact) mass is 320 g/mol. The lowest BCUT2D eigenvalue weighted by molar-refractivity contribution is -0.0499. The van der Waals surface area contributed by atoms with Crippen LogP contribution in [-0.4, -0.2) is 12.6 Å². The molecule has 2 amide bonds. The molecule has 0 aromatic heterocycles. The molecule has 0 aliphatic heterocycles. The number of carbonyl (C=O) groups is 1. The fourth-order valence-corrected chi connectivity index (χ4v) is 2.13. The van der Waals surface area contributed by atoms with Crippen molar-refractivity contribution in [1.29, 1.82) is 0 Å². The smallest absolute Gasteiger partial charge is 0.387 e. The number of rotatable bonds is 5. The van der Waals surface area contributed by atoms with Gasteiger partial charge in [0.2, 0.25) is 0 Å². The number of anilines is 1. The Hall–Kier alpha value is -2.63. The Morgan fingerprint density at radius 3 is 2.57 bits per heavy atom. The van der Waals surface area contributed by atoms with Crippen LogP contribution < -0.4 is 15.4 Å². The van der Waals surface area contributed by atoms with Gasteiger partial charge in [0.15, 0.2) is 0 Å². The number of benzene rings is 2. The largest absolute Gasteiger partial charge is 0.435 e. The molecule has 122 valence electrons. The predicted octanol–water partition coefficient (Wildman–Crippen LogP) is 4.48. The lowest BCUT2D eigenvalue weighted by Gasteiger charge is -2.16. The third kappa shape index (κ3) is 5.25. The first-order valence-electron chi connectivity index (χ1n) is 7.13. The predicted molar refractivity (Wildman–Crippen MR) is 84.8 cm³/mol. The van der Waals surface area contributed by atoms with Gasteiger partial charge in [0.25, 0.3) is 0 Å². The molecule has 0 heterocycles. The van der Waals surface area contributed by atoms with E-state index >= 15 is 0 Å². The summed E-state index contributed by atoms with van der Waals surface area (Å²) in [5.41, 5.74) is 2.39. The molecule has 0 fully saturated rings. The molecule has 0 bridgehead atoms. The quantitative estimate of drug-likeness (QED) is 0.853. The number of amides is 2. The highest BCUT2D eigenvalue weighted by Gasteiger charge is 2.12. The van der Waals surface area contributed by atoms with E-state index in [9.17, 15) is 13.6 Å². The van der Waals surface area contributed by atoms with E-state index in [1.54, 1.807) is 25.1 Å². The molecule has 4 nitrogen and oxygen atoms in total. The van der Waals surface area contributed by atoms with Crippen molar-refractivity contribution < 1.29 is 18.3 Å². The van der Waals surface area contributed by atoms with Gasteiger partial charge in [-0.25, -0.2) is 4.79 Å². The van der Waals surface area contributed by atoms with Crippen molar-refractivity contribution in [1.82, 2.24) is 5.32 Å². The summed E-state index contributed by atoms with van der Waals surface area (Å²) in [7, 11) is 0. The lowest BCUT2D eigenvalue weighted by Crippen LogP contribution is -2.31. The zero-order valence-electron chi connectivity index (χ0n) is 12.8. The molecule has 2 N–H and O–H groups in total. The third-order valence-electron chi connectivity index (χ3n) is 3.21. The van der Waals surface area contributed by atoms with Crippen molar-refractivity contribution in [2.24, 2.45) is 0 Å². The van der Waals surface area contributed by atoms with E-state index in [0.29, 0.717) is 11.3 Å². The summed E-state index contributed by atoms with van der Waals surface area (Å²) < 4.78 is 28.8. The molecule has 0 radical (unpaired) electrons. The number of hydrogen-bond donors (Lipinski definition) is 2. The van der Waals surface area contributed by atoms with Gasteiger partial charge in [-0.05, 0) is 49.2 Å². The van der Waals surface area contributed by atoms with Gasteiger partial charge < -0.3 is 15.4 Å². The van der Waals surface area contributed by atoms with E-state index in [-0.39, 0.29) is 17.8 Å². The highest BCUT2D eigenvalue weighted by molar-refractivity contribution is 5.89. The Morgan fingerprint density at radius 1 is 1.13 bits per heavy atom. The summed E-state index contributed by atoms with van der Waals surface area (Å²) in [5, 5.41) is 5.48. The van der Waals surface area contributed by atoms with Gasteiger partial charge in [-0.3, -0.25) is 0 Å². The summed E-state index contributed by atoms with van der Waals surface area (Å²) in [6, 6.07) is 12.9. The SMILES string of the molecule is Cc1cccc(NC(=O)NC(C)c2cccc(OC(F)F)c2)c1. The Morgan fingerprint density at radius 2 is 1.87 bits per heavy atom. The van der Waals surface area contributed by atoms with Crippen molar-refractivity contribution in [2.75, 3.05) is 5.32 Å². The maximum atomic E-state index is 12.2. The first-order valence-corrected chi connectivity index (χ1v) is 7.13. The Balaban J connectivity index is 1.98. The summed E-state index contributed by atoms with van der Waals surface area (Å²) >= 11 is 0. The zero-order chi connectivity index (χ0) is 16.8. The van der Waals surface area contributed by atoms with E-state index in [1.807, 2.05) is 25.1 Å². The van der Waals surface area contributed by atoms with Crippen LogP contribution >= 0.6 is 0 Å². The number of urea groups is 1. The minimum Gasteiger partial charge on any atom is -0.435 e. The molecule has 2 rings (SSSR count). The number of carbonyl (C=O) groups excluding carboxylic acids is 1. The highest BCUT2D eigenvalue weighted by atomic mass is 19.3. The number of alkyl halides is 2. The Labute approximate surface area is 133 Å². The third-order valence-corrected chi connectivity index (χ3v) is 3.21. The summed E-state index contributed by atoms with van der Waals surface area (Å²) in [4.78, 5) is 12.0. The maximum Gasteiger partial charge on any atom is 0.387 e. The first-order chi connectivity index (χ1) is 10.9. The van der Waals surface area contributed by atoms with Crippen LogP contribution in [0.15, 0.2) is 48.5 Å². The van der Waals surface area contributed by atoms with Gasteiger partial charge in [-0.1, -0.05) is 24.3 Å². The molecule has 0 aliphatic rings. The molecular formula is C17H18F2N2O2. The maximum absolute atomic E-state index is 12.2. The fraction of sp³-hybridized carbons (Fsp3) is 0.235. The van der Waals surface area contributed by atoms with Crippen LogP contribution in [-0.2, 0) is 0 Å². The van der Waals surface area contributed by atoms with Gasteiger partial charge in [0.05, 0.1) is 6.04 Å². The van der Waals surface area contributed by atoms with Crippen LogP contribution in [0, 0.1) is 6.92 Å². The van der Waals surface area contributed by atoms with Crippen molar-refractivity contribution in [3.8, 4) is 5.75 Å². The minimum atomic E-state index is -2.88. The molecule has 0 spiro atoms.